The lowest BCUT2D eigenvalue weighted by atomic mass is 10.1. The first-order valence-corrected chi connectivity index (χ1v) is 5.37. The largest absolute Gasteiger partial charge is 0.307 e. The summed E-state index contributed by atoms with van der Waals surface area (Å²) in [4.78, 5) is 22.1. The zero-order valence-electron chi connectivity index (χ0n) is 9.69. The molecule has 1 unspecified atom stereocenters. The average Bonchev–Trinajstić information content (AvgIpc) is 2.88. The molecule has 0 aliphatic carbocycles. The van der Waals surface area contributed by atoms with Crippen molar-refractivity contribution in [1.82, 2.24) is 9.78 Å². The number of hydrogen-bond donors (Lipinski definition) is 0. The number of nitro groups is 1. The first kappa shape index (κ1) is 12.0. The molecule has 1 aromatic carbocycles. The fourth-order valence-corrected chi connectivity index (χ4v) is 1.60. The van der Waals surface area contributed by atoms with Crippen molar-refractivity contribution >= 4 is 11.5 Å². The van der Waals surface area contributed by atoms with Gasteiger partial charge in [0.1, 0.15) is 18.4 Å². The normalized spacial score (nSPS) is 12.1. The molecule has 0 N–H and O–H groups in total. The van der Waals surface area contributed by atoms with E-state index in [0.717, 1.165) is 6.20 Å². The minimum atomic E-state index is -0.568. The van der Waals surface area contributed by atoms with Crippen molar-refractivity contribution in [3.63, 3.8) is 0 Å². The Kier molecular flexibility index (Phi) is 3.18. The van der Waals surface area contributed by atoms with Crippen LogP contribution in [-0.4, -0.2) is 20.5 Å². The summed E-state index contributed by atoms with van der Waals surface area (Å²) in [5, 5.41) is 14.4. The molecule has 0 fully saturated rings. The second-order valence-electron chi connectivity index (χ2n) is 3.84. The Bertz CT molecular complexity index is 577. The fraction of sp³-hybridized carbons (Fsp3) is 0.167. The molecule has 0 amide bonds. The van der Waals surface area contributed by atoms with Gasteiger partial charge in [0.05, 0.1) is 4.92 Å². The number of ketones is 1. The fourth-order valence-electron chi connectivity index (χ4n) is 1.60. The molecule has 0 radical (unpaired) electrons. The molecule has 0 saturated heterocycles. The summed E-state index contributed by atoms with van der Waals surface area (Å²) in [7, 11) is 0. The second kappa shape index (κ2) is 4.79. The van der Waals surface area contributed by atoms with E-state index in [9.17, 15) is 14.9 Å². The summed E-state index contributed by atoms with van der Waals surface area (Å²) in [5.74, 6) is -0.131. The van der Waals surface area contributed by atoms with Gasteiger partial charge in [-0.2, -0.15) is 5.10 Å². The molecule has 2 rings (SSSR count). The quantitative estimate of drug-likeness (QED) is 0.470. The number of hydrogen-bond acceptors (Lipinski definition) is 4. The van der Waals surface area contributed by atoms with Crippen molar-refractivity contribution in [2.75, 3.05) is 0 Å². The maximum absolute atomic E-state index is 12.1. The van der Waals surface area contributed by atoms with Crippen molar-refractivity contribution in [2.45, 2.75) is 13.0 Å². The van der Waals surface area contributed by atoms with Gasteiger partial charge in [0.2, 0.25) is 0 Å². The lowest BCUT2D eigenvalue weighted by Gasteiger charge is -2.10. The van der Waals surface area contributed by atoms with Crippen LogP contribution in [0.1, 0.15) is 23.3 Å². The van der Waals surface area contributed by atoms with Gasteiger partial charge in [-0.25, -0.2) is 0 Å². The number of carbonyl (C=O) groups excluding carboxylic acids is 1. The first-order chi connectivity index (χ1) is 8.59. The zero-order valence-corrected chi connectivity index (χ0v) is 9.69. The smallest absolute Gasteiger partial charge is 0.292 e. The Morgan fingerprint density at radius 2 is 2.06 bits per heavy atom. The maximum atomic E-state index is 12.1. The molecule has 0 aliphatic rings. The third kappa shape index (κ3) is 2.27. The molecule has 6 nitrogen and oxygen atoms in total. The van der Waals surface area contributed by atoms with Crippen molar-refractivity contribution in [1.29, 1.82) is 0 Å². The number of nitrogens with zero attached hydrogens (tertiary/aromatic N) is 3. The third-order valence-electron chi connectivity index (χ3n) is 2.63. The molecule has 1 aromatic heterocycles. The average molecular weight is 245 g/mol. The van der Waals surface area contributed by atoms with E-state index < -0.39 is 11.0 Å². The highest BCUT2D eigenvalue weighted by Crippen LogP contribution is 2.16. The molecule has 92 valence electrons. The van der Waals surface area contributed by atoms with E-state index in [0.29, 0.717) is 5.56 Å². The van der Waals surface area contributed by atoms with Crippen LogP contribution in [0.2, 0.25) is 0 Å². The van der Waals surface area contributed by atoms with E-state index in [2.05, 4.69) is 5.10 Å². The summed E-state index contributed by atoms with van der Waals surface area (Å²) in [6.45, 7) is 1.66. The van der Waals surface area contributed by atoms with Crippen LogP contribution < -0.4 is 0 Å². The number of benzene rings is 1. The number of carbonyl (C=O) groups is 1. The Balaban J connectivity index is 2.23. The summed E-state index contributed by atoms with van der Waals surface area (Å²) < 4.78 is 1.30. The van der Waals surface area contributed by atoms with Crippen LogP contribution >= 0.6 is 0 Å². The summed E-state index contributed by atoms with van der Waals surface area (Å²) >= 11 is 0. The van der Waals surface area contributed by atoms with Crippen LogP contribution in [0, 0.1) is 10.1 Å². The SMILES string of the molecule is CC(C(=O)c1ccccc1)n1cc([N+](=O)[O-])cn1. The van der Waals surface area contributed by atoms with Gasteiger partial charge in [0.15, 0.2) is 5.78 Å². The summed E-state index contributed by atoms with van der Waals surface area (Å²) in [6, 6.07) is 8.20. The monoisotopic (exact) mass is 245 g/mol. The van der Waals surface area contributed by atoms with Crippen LogP contribution in [0.25, 0.3) is 0 Å². The van der Waals surface area contributed by atoms with Crippen molar-refractivity contribution in [3.8, 4) is 0 Å². The van der Waals surface area contributed by atoms with Gasteiger partial charge in [-0.1, -0.05) is 30.3 Å². The maximum Gasteiger partial charge on any atom is 0.307 e. The van der Waals surface area contributed by atoms with Crippen LogP contribution in [0.3, 0.4) is 0 Å². The van der Waals surface area contributed by atoms with Crippen molar-refractivity contribution in [3.05, 3.63) is 58.4 Å². The standard InChI is InChI=1S/C12H11N3O3/c1-9(12(16)10-5-3-2-4-6-10)14-8-11(7-13-14)15(17)18/h2-9H,1H3. The Morgan fingerprint density at radius 1 is 1.39 bits per heavy atom. The highest BCUT2D eigenvalue weighted by atomic mass is 16.6. The molecule has 6 heteroatoms. The third-order valence-corrected chi connectivity index (χ3v) is 2.63. The molecular weight excluding hydrogens is 234 g/mol. The van der Waals surface area contributed by atoms with E-state index in [1.165, 1.54) is 10.9 Å². The Labute approximate surface area is 103 Å². The number of rotatable bonds is 4. The van der Waals surface area contributed by atoms with Gasteiger partial charge in [-0.05, 0) is 6.92 Å². The predicted molar refractivity (Wildman–Crippen MR) is 64.4 cm³/mol. The van der Waals surface area contributed by atoms with Crippen molar-refractivity contribution < 1.29 is 9.72 Å². The zero-order chi connectivity index (χ0) is 13.1. The highest BCUT2D eigenvalue weighted by Gasteiger charge is 2.19. The van der Waals surface area contributed by atoms with E-state index in [-0.39, 0.29) is 11.5 Å². The number of Topliss-reactive ketones (excluding diaryl/α,β-unsaturated/α-hetero) is 1. The van der Waals surface area contributed by atoms with Crippen LogP contribution in [0.4, 0.5) is 5.69 Å². The molecule has 0 spiro atoms. The van der Waals surface area contributed by atoms with Crippen LogP contribution in [0.15, 0.2) is 42.7 Å². The molecule has 1 atom stereocenters. The minimum Gasteiger partial charge on any atom is -0.292 e. The molecule has 0 bridgehead atoms. The van der Waals surface area contributed by atoms with Gasteiger partial charge in [-0.15, -0.1) is 0 Å². The van der Waals surface area contributed by atoms with Gasteiger partial charge in [0.25, 0.3) is 0 Å². The summed E-state index contributed by atoms with van der Waals surface area (Å²) in [5.41, 5.74) is 0.436. The summed E-state index contributed by atoms with van der Waals surface area (Å²) in [6.07, 6.45) is 2.39. The number of aromatic nitrogens is 2. The topological polar surface area (TPSA) is 78.0 Å². The molecule has 0 saturated carbocycles. The first-order valence-electron chi connectivity index (χ1n) is 5.37. The lowest BCUT2D eigenvalue weighted by molar-refractivity contribution is -0.385. The lowest BCUT2D eigenvalue weighted by Crippen LogP contribution is -2.17. The predicted octanol–water partition coefficient (Wildman–Crippen LogP) is 2.24. The highest BCUT2D eigenvalue weighted by molar-refractivity contribution is 5.98. The molecule has 0 aliphatic heterocycles. The van der Waals surface area contributed by atoms with E-state index in [4.69, 9.17) is 0 Å². The Morgan fingerprint density at radius 3 is 2.61 bits per heavy atom. The van der Waals surface area contributed by atoms with E-state index >= 15 is 0 Å². The second-order valence-corrected chi connectivity index (χ2v) is 3.84. The van der Waals surface area contributed by atoms with Gasteiger partial charge in [0, 0.05) is 5.56 Å². The van der Waals surface area contributed by atoms with Crippen LogP contribution in [-0.2, 0) is 0 Å². The van der Waals surface area contributed by atoms with Crippen LogP contribution in [0.5, 0.6) is 0 Å². The molecule has 2 aromatic rings. The van der Waals surface area contributed by atoms with Gasteiger partial charge < -0.3 is 0 Å². The molecule has 1 heterocycles. The Hall–Kier alpha value is -2.50. The molecule has 18 heavy (non-hydrogen) atoms. The van der Waals surface area contributed by atoms with Crippen molar-refractivity contribution in [2.24, 2.45) is 0 Å². The van der Waals surface area contributed by atoms with Gasteiger partial charge >= 0.3 is 5.69 Å². The minimum absolute atomic E-state index is 0.122. The van der Waals surface area contributed by atoms with Gasteiger partial charge in [-0.3, -0.25) is 19.6 Å². The van der Waals surface area contributed by atoms with E-state index in [1.54, 1.807) is 31.2 Å². The van der Waals surface area contributed by atoms with E-state index in [1.807, 2.05) is 6.07 Å². The molecular formula is C12H11N3O3.